The molecule has 0 spiro atoms. The molecule has 0 fully saturated rings. The average molecular weight is 303 g/mol. The fourth-order valence-corrected chi connectivity index (χ4v) is 3.91. The van der Waals surface area contributed by atoms with Gasteiger partial charge in [-0.2, -0.15) is 0 Å². The highest BCUT2D eigenvalue weighted by Crippen LogP contribution is 2.42. The van der Waals surface area contributed by atoms with E-state index in [0.717, 1.165) is 21.8 Å². The molecule has 0 aliphatic carbocycles. The zero-order valence-corrected chi connectivity index (χ0v) is 12.0. The first-order valence-electron chi connectivity index (χ1n) is 6.28. The van der Waals surface area contributed by atoms with Gasteiger partial charge in [-0.1, -0.05) is 47.6 Å². The summed E-state index contributed by atoms with van der Waals surface area (Å²) in [7, 11) is 0. The van der Waals surface area contributed by atoms with Crippen LogP contribution in [0.3, 0.4) is 0 Å². The number of aromatic nitrogens is 2. The van der Waals surface area contributed by atoms with Crippen LogP contribution < -0.4 is 0 Å². The summed E-state index contributed by atoms with van der Waals surface area (Å²) >= 11 is 7.50. The maximum absolute atomic E-state index is 11.2. The maximum atomic E-state index is 11.2. The molecule has 3 nitrogen and oxygen atoms in total. The van der Waals surface area contributed by atoms with Crippen LogP contribution in [0, 0.1) is 0 Å². The van der Waals surface area contributed by atoms with Gasteiger partial charge in [-0.25, -0.2) is 4.98 Å². The summed E-state index contributed by atoms with van der Waals surface area (Å²) in [5.41, 5.74) is 1.61. The second-order valence-electron chi connectivity index (χ2n) is 4.83. The van der Waals surface area contributed by atoms with Crippen LogP contribution in [0.4, 0.5) is 0 Å². The Balaban J connectivity index is 1.96. The fraction of sp³-hybridized carbons (Fsp3) is 0.133. The van der Waals surface area contributed by atoms with Gasteiger partial charge >= 0.3 is 0 Å². The lowest BCUT2D eigenvalue weighted by Gasteiger charge is -2.25. The van der Waals surface area contributed by atoms with Crippen LogP contribution in [-0.4, -0.2) is 20.4 Å². The van der Waals surface area contributed by atoms with Gasteiger partial charge in [0.15, 0.2) is 10.9 Å². The van der Waals surface area contributed by atoms with Crippen molar-refractivity contribution < 1.29 is 5.11 Å². The van der Waals surface area contributed by atoms with Crippen LogP contribution in [0.5, 0.6) is 0 Å². The summed E-state index contributed by atoms with van der Waals surface area (Å²) in [6.45, 7) is 0. The Morgan fingerprint density at radius 3 is 2.70 bits per heavy atom. The Morgan fingerprint density at radius 1 is 1.15 bits per heavy atom. The molecule has 3 aromatic rings. The third-order valence-corrected chi connectivity index (χ3v) is 4.94. The van der Waals surface area contributed by atoms with Gasteiger partial charge in [0, 0.05) is 10.6 Å². The van der Waals surface area contributed by atoms with Gasteiger partial charge < -0.3 is 5.11 Å². The number of hydrogen-bond donors (Lipinski definition) is 1. The third kappa shape index (κ3) is 1.62. The molecule has 0 saturated carbocycles. The third-order valence-electron chi connectivity index (χ3n) is 3.61. The van der Waals surface area contributed by atoms with E-state index in [1.807, 2.05) is 41.0 Å². The molecule has 0 saturated heterocycles. The molecule has 1 atom stereocenters. The number of aliphatic hydroxyl groups is 1. The first kappa shape index (κ1) is 12.3. The molecule has 0 unspecified atom stereocenters. The molecule has 0 amide bonds. The SMILES string of the molecule is O[C@]1(c2ccc(Cl)cc2)CSc2nc3ccccc3n21. The Bertz CT molecular complexity index is 799. The number of halogens is 1. The predicted octanol–water partition coefficient (Wildman–Crippen LogP) is 3.49. The quantitative estimate of drug-likeness (QED) is 0.748. The van der Waals surface area contributed by atoms with Crippen molar-refractivity contribution in [1.29, 1.82) is 0 Å². The van der Waals surface area contributed by atoms with Crippen LogP contribution in [-0.2, 0) is 5.72 Å². The molecule has 0 radical (unpaired) electrons. The Kier molecular flexibility index (Phi) is 2.61. The molecular formula is C15H11ClN2OS. The van der Waals surface area contributed by atoms with Gasteiger partial charge in [-0.15, -0.1) is 0 Å². The van der Waals surface area contributed by atoms with Gasteiger partial charge in [0.1, 0.15) is 0 Å². The van der Waals surface area contributed by atoms with E-state index < -0.39 is 5.72 Å². The van der Waals surface area contributed by atoms with Gasteiger partial charge in [0.25, 0.3) is 0 Å². The van der Waals surface area contributed by atoms with E-state index in [9.17, 15) is 5.11 Å². The van der Waals surface area contributed by atoms with Crippen LogP contribution in [0.25, 0.3) is 11.0 Å². The van der Waals surface area contributed by atoms with Gasteiger partial charge in [0.2, 0.25) is 0 Å². The van der Waals surface area contributed by atoms with Crippen molar-refractivity contribution in [3.05, 3.63) is 59.1 Å². The van der Waals surface area contributed by atoms with Crippen molar-refractivity contribution in [3.63, 3.8) is 0 Å². The molecule has 2 heterocycles. The molecule has 1 aliphatic rings. The summed E-state index contributed by atoms with van der Waals surface area (Å²) in [5.74, 6) is 0.557. The zero-order valence-electron chi connectivity index (χ0n) is 10.5. The van der Waals surface area contributed by atoms with E-state index in [2.05, 4.69) is 4.98 Å². The second kappa shape index (κ2) is 4.25. The van der Waals surface area contributed by atoms with E-state index in [4.69, 9.17) is 11.6 Å². The lowest BCUT2D eigenvalue weighted by Crippen LogP contribution is -2.33. The molecule has 1 aromatic heterocycles. The van der Waals surface area contributed by atoms with Crippen molar-refractivity contribution in [2.45, 2.75) is 10.9 Å². The van der Waals surface area contributed by atoms with Crippen molar-refractivity contribution in [3.8, 4) is 0 Å². The van der Waals surface area contributed by atoms with Crippen molar-refractivity contribution >= 4 is 34.4 Å². The number of fused-ring (bicyclic) bond motifs is 3. The van der Waals surface area contributed by atoms with Gasteiger partial charge in [-0.3, -0.25) is 4.57 Å². The summed E-state index contributed by atoms with van der Waals surface area (Å²) < 4.78 is 1.91. The summed E-state index contributed by atoms with van der Waals surface area (Å²) in [6, 6.07) is 15.2. The number of rotatable bonds is 1. The monoisotopic (exact) mass is 302 g/mol. The van der Waals surface area contributed by atoms with Gasteiger partial charge in [-0.05, 0) is 24.3 Å². The van der Waals surface area contributed by atoms with Crippen molar-refractivity contribution in [2.75, 3.05) is 5.75 Å². The minimum Gasteiger partial charge on any atom is -0.366 e. The lowest BCUT2D eigenvalue weighted by atomic mass is 10.0. The van der Waals surface area contributed by atoms with E-state index in [0.29, 0.717) is 10.8 Å². The first-order chi connectivity index (χ1) is 9.68. The molecule has 0 bridgehead atoms. The van der Waals surface area contributed by atoms with E-state index >= 15 is 0 Å². The molecule has 4 rings (SSSR count). The van der Waals surface area contributed by atoms with Crippen molar-refractivity contribution in [1.82, 2.24) is 9.55 Å². The predicted molar refractivity (Wildman–Crippen MR) is 81.2 cm³/mol. The maximum Gasteiger partial charge on any atom is 0.179 e. The number of benzene rings is 2. The topological polar surface area (TPSA) is 38.1 Å². The minimum atomic E-state index is -1.07. The fourth-order valence-electron chi connectivity index (χ4n) is 2.62. The number of imidazole rings is 1. The van der Waals surface area contributed by atoms with Crippen molar-refractivity contribution in [2.24, 2.45) is 0 Å². The summed E-state index contributed by atoms with van der Waals surface area (Å²) in [6.07, 6.45) is 0. The number of para-hydroxylation sites is 2. The Hall–Kier alpha value is -1.49. The smallest absolute Gasteiger partial charge is 0.179 e. The highest BCUT2D eigenvalue weighted by molar-refractivity contribution is 7.99. The number of thioether (sulfide) groups is 1. The lowest BCUT2D eigenvalue weighted by molar-refractivity contribution is 0.0331. The van der Waals surface area contributed by atoms with Crippen LogP contribution in [0.1, 0.15) is 5.56 Å². The number of nitrogens with zero attached hydrogens (tertiary/aromatic N) is 2. The van der Waals surface area contributed by atoms with Crippen LogP contribution >= 0.6 is 23.4 Å². The standard InChI is InChI=1S/C15H11ClN2OS/c16-11-7-5-10(6-8-11)15(19)9-20-14-17-12-3-1-2-4-13(12)18(14)15/h1-8,19H,9H2/t15-/m0/s1. The zero-order chi connectivity index (χ0) is 13.7. The molecule has 2 aromatic carbocycles. The highest BCUT2D eigenvalue weighted by Gasteiger charge is 2.40. The minimum absolute atomic E-state index is 0.557. The normalized spacial score (nSPS) is 21.3. The number of hydrogen-bond acceptors (Lipinski definition) is 3. The second-order valence-corrected chi connectivity index (χ2v) is 6.21. The average Bonchev–Trinajstić information content (AvgIpc) is 2.98. The summed E-state index contributed by atoms with van der Waals surface area (Å²) in [4.78, 5) is 4.57. The van der Waals surface area contributed by atoms with Crippen LogP contribution in [0.15, 0.2) is 53.7 Å². The molecule has 1 aliphatic heterocycles. The molecule has 5 heteroatoms. The summed E-state index contributed by atoms with van der Waals surface area (Å²) in [5, 5.41) is 12.7. The highest BCUT2D eigenvalue weighted by atomic mass is 35.5. The Labute approximate surface area is 125 Å². The molecule has 100 valence electrons. The molecule has 1 N–H and O–H groups in total. The molecule has 20 heavy (non-hydrogen) atoms. The van der Waals surface area contributed by atoms with E-state index in [-0.39, 0.29) is 0 Å². The van der Waals surface area contributed by atoms with Gasteiger partial charge in [0.05, 0.1) is 16.8 Å². The Morgan fingerprint density at radius 2 is 1.90 bits per heavy atom. The van der Waals surface area contributed by atoms with Crippen LogP contribution in [0.2, 0.25) is 5.02 Å². The molecular weight excluding hydrogens is 292 g/mol. The first-order valence-corrected chi connectivity index (χ1v) is 7.64. The largest absolute Gasteiger partial charge is 0.366 e. The van der Waals surface area contributed by atoms with E-state index in [1.165, 1.54) is 0 Å². The van der Waals surface area contributed by atoms with E-state index in [1.54, 1.807) is 23.9 Å².